The Labute approximate surface area is 151 Å². The van der Waals surface area contributed by atoms with Crippen LogP contribution in [0.25, 0.3) is 10.8 Å². The SMILES string of the molecule is O=C(Cc1cccc2ccccc12)NCC(=O)N1CCc2[nH]ncc2C1. The maximum absolute atomic E-state index is 12.4. The highest BCUT2D eigenvalue weighted by molar-refractivity contribution is 5.91. The Bertz CT molecular complexity index is 958. The molecule has 6 heteroatoms. The van der Waals surface area contributed by atoms with Crippen LogP contribution in [0.4, 0.5) is 0 Å². The summed E-state index contributed by atoms with van der Waals surface area (Å²) in [6, 6.07) is 13.9. The molecular weight excluding hydrogens is 328 g/mol. The molecule has 0 unspecified atom stereocenters. The van der Waals surface area contributed by atoms with Gasteiger partial charge in [0.15, 0.2) is 0 Å². The van der Waals surface area contributed by atoms with Crippen LogP contribution in [0.2, 0.25) is 0 Å². The topological polar surface area (TPSA) is 78.1 Å². The van der Waals surface area contributed by atoms with Crippen molar-refractivity contribution in [2.24, 2.45) is 0 Å². The van der Waals surface area contributed by atoms with Crippen LogP contribution < -0.4 is 5.32 Å². The maximum Gasteiger partial charge on any atom is 0.242 e. The Morgan fingerprint density at radius 3 is 2.92 bits per heavy atom. The lowest BCUT2D eigenvalue weighted by atomic mass is 10.0. The Balaban J connectivity index is 1.35. The van der Waals surface area contributed by atoms with Crippen LogP contribution in [-0.2, 0) is 29.0 Å². The van der Waals surface area contributed by atoms with Crippen LogP contribution in [0, 0.1) is 0 Å². The summed E-state index contributed by atoms with van der Waals surface area (Å²) in [7, 11) is 0. The summed E-state index contributed by atoms with van der Waals surface area (Å²) in [5, 5.41) is 11.9. The van der Waals surface area contributed by atoms with Crippen molar-refractivity contribution in [2.75, 3.05) is 13.1 Å². The van der Waals surface area contributed by atoms with E-state index in [1.165, 1.54) is 0 Å². The number of aromatic amines is 1. The molecule has 0 saturated heterocycles. The van der Waals surface area contributed by atoms with E-state index < -0.39 is 0 Å². The molecule has 0 fully saturated rings. The zero-order chi connectivity index (χ0) is 17.9. The second-order valence-corrected chi connectivity index (χ2v) is 6.53. The van der Waals surface area contributed by atoms with Crippen LogP contribution in [-0.4, -0.2) is 40.0 Å². The number of nitrogens with zero attached hydrogens (tertiary/aromatic N) is 2. The summed E-state index contributed by atoms with van der Waals surface area (Å²) >= 11 is 0. The zero-order valence-corrected chi connectivity index (χ0v) is 14.4. The van der Waals surface area contributed by atoms with Gasteiger partial charge in [-0.2, -0.15) is 5.10 Å². The number of nitrogens with one attached hydrogen (secondary N) is 2. The standard InChI is InChI=1S/C20H20N4O2/c25-19(10-15-6-3-5-14-4-1-2-7-17(14)15)21-12-20(26)24-9-8-18-16(13-24)11-22-23-18/h1-7,11H,8-10,12-13H2,(H,21,25)(H,22,23). The van der Waals surface area contributed by atoms with E-state index in [0.717, 1.165) is 34.0 Å². The van der Waals surface area contributed by atoms with Crippen molar-refractivity contribution in [3.8, 4) is 0 Å². The third-order valence-corrected chi connectivity index (χ3v) is 4.82. The first kappa shape index (κ1) is 16.3. The quantitative estimate of drug-likeness (QED) is 0.755. The van der Waals surface area contributed by atoms with Gasteiger partial charge in [0.2, 0.25) is 11.8 Å². The van der Waals surface area contributed by atoms with Crippen molar-refractivity contribution in [3.05, 3.63) is 65.5 Å². The fourth-order valence-corrected chi connectivity index (χ4v) is 3.40. The van der Waals surface area contributed by atoms with Gasteiger partial charge in [0, 0.05) is 30.8 Å². The summed E-state index contributed by atoms with van der Waals surface area (Å²) in [5.74, 6) is -0.209. The first-order valence-electron chi connectivity index (χ1n) is 8.73. The number of rotatable bonds is 4. The zero-order valence-electron chi connectivity index (χ0n) is 14.4. The molecule has 132 valence electrons. The van der Waals surface area contributed by atoms with E-state index >= 15 is 0 Å². The van der Waals surface area contributed by atoms with E-state index in [1.54, 1.807) is 11.1 Å². The summed E-state index contributed by atoms with van der Waals surface area (Å²) < 4.78 is 0. The lowest BCUT2D eigenvalue weighted by Crippen LogP contribution is -2.42. The van der Waals surface area contributed by atoms with Crippen molar-refractivity contribution < 1.29 is 9.59 Å². The van der Waals surface area contributed by atoms with E-state index in [4.69, 9.17) is 0 Å². The molecule has 1 aliphatic heterocycles. The highest BCUT2D eigenvalue weighted by Crippen LogP contribution is 2.19. The molecule has 0 atom stereocenters. The number of hydrogen-bond acceptors (Lipinski definition) is 3. The highest BCUT2D eigenvalue weighted by Gasteiger charge is 2.22. The van der Waals surface area contributed by atoms with E-state index in [0.29, 0.717) is 13.1 Å². The minimum atomic E-state index is -0.143. The lowest BCUT2D eigenvalue weighted by molar-refractivity contribution is -0.133. The molecule has 2 heterocycles. The predicted octanol–water partition coefficient (Wildman–Crippen LogP) is 1.81. The molecule has 2 aromatic carbocycles. The predicted molar refractivity (Wildman–Crippen MR) is 98.4 cm³/mol. The van der Waals surface area contributed by atoms with Crippen LogP contribution in [0.3, 0.4) is 0 Å². The molecule has 0 radical (unpaired) electrons. The van der Waals surface area contributed by atoms with Gasteiger partial charge < -0.3 is 10.2 Å². The number of fused-ring (bicyclic) bond motifs is 2. The van der Waals surface area contributed by atoms with E-state index in [9.17, 15) is 9.59 Å². The van der Waals surface area contributed by atoms with Crippen LogP contribution in [0.15, 0.2) is 48.7 Å². The molecule has 1 aromatic heterocycles. The molecule has 4 rings (SSSR count). The molecular formula is C20H20N4O2. The Hall–Kier alpha value is -3.15. The van der Waals surface area contributed by atoms with Gasteiger partial charge in [-0.05, 0) is 16.3 Å². The summed E-state index contributed by atoms with van der Waals surface area (Å²) in [4.78, 5) is 26.4. The number of hydrogen-bond donors (Lipinski definition) is 2. The van der Waals surface area contributed by atoms with E-state index in [1.807, 2.05) is 42.5 Å². The summed E-state index contributed by atoms with van der Waals surface area (Å²) in [6.45, 7) is 1.22. The molecule has 0 saturated carbocycles. The molecule has 6 nitrogen and oxygen atoms in total. The van der Waals surface area contributed by atoms with Crippen LogP contribution >= 0.6 is 0 Å². The van der Waals surface area contributed by atoms with Gasteiger partial charge in [0.1, 0.15) is 0 Å². The van der Waals surface area contributed by atoms with E-state index in [2.05, 4.69) is 15.5 Å². The number of amides is 2. The van der Waals surface area contributed by atoms with Crippen LogP contribution in [0.1, 0.15) is 16.8 Å². The lowest BCUT2D eigenvalue weighted by Gasteiger charge is -2.26. The second-order valence-electron chi connectivity index (χ2n) is 6.53. The minimum Gasteiger partial charge on any atom is -0.347 e. The van der Waals surface area contributed by atoms with Gasteiger partial charge in [-0.3, -0.25) is 14.7 Å². The highest BCUT2D eigenvalue weighted by atomic mass is 16.2. The van der Waals surface area contributed by atoms with Gasteiger partial charge in [-0.1, -0.05) is 42.5 Å². The number of benzene rings is 2. The first-order chi connectivity index (χ1) is 12.7. The van der Waals surface area contributed by atoms with Gasteiger partial charge in [0.05, 0.1) is 19.2 Å². The largest absolute Gasteiger partial charge is 0.347 e. The molecule has 1 aliphatic rings. The van der Waals surface area contributed by atoms with Gasteiger partial charge in [-0.15, -0.1) is 0 Å². The van der Waals surface area contributed by atoms with Crippen LogP contribution in [0.5, 0.6) is 0 Å². The van der Waals surface area contributed by atoms with E-state index in [-0.39, 0.29) is 24.8 Å². The third kappa shape index (κ3) is 3.31. The molecule has 0 spiro atoms. The van der Waals surface area contributed by atoms with Gasteiger partial charge in [0.25, 0.3) is 0 Å². The fraction of sp³-hybridized carbons (Fsp3) is 0.250. The fourth-order valence-electron chi connectivity index (χ4n) is 3.40. The number of H-pyrrole nitrogens is 1. The van der Waals surface area contributed by atoms with Crippen molar-refractivity contribution in [2.45, 2.75) is 19.4 Å². The molecule has 3 aromatic rings. The van der Waals surface area contributed by atoms with Crippen molar-refractivity contribution in [1.29, 1.82) is 0 Å². The van der Waals surface area contributed by atoms with Crippen molar-refractivity contribution in [1.82, 2.24) is 20.4 Å². The minimum absolute atomic E-state index is 0.0246. The van der Waals surface area contributed by atoms with Crippen molar-refractivity contribution in [3.63, 3.8) is 0 Å². The molecule has 2 amide bonds. The maximum atomic E-state index is 12.4. The Kier molecular flexibility index (Phi) is 4.39. The van der Waals surface area contributed by atoms with Crippen molar-refractivity contribution >= 4 is 22.6 Å². The smallest absolute Gasteiger partial charge is 0.242 e. The average Bonchev–Trinajstić information content (AvgIpc) is 3.14. The van der Waals surface area contributed by atoms with Gasteiger partial charge in [-0.25, -0.2) is 0 Å². The summed E-state index contributed by atoms with van der Waals surface area (Å²) in [6.07, 6.45) is 2.79. The molecule has 26 heavy (non-hydrogen) atoms. The number of carbonyl (C=O) groups is 2. The third-order valence-electron chi connectivity index (χ3n) is 4.82. The molecule has 2 N–H and O–H groups in total. The average molecular weight is 348 g/mol. The first-order valence-corrected chi connectivity index (χ1v) is 8.73. The monoisotopic (exact) mass is 348 g/mol. The summed E-state index contributed by atoms with van der Waals surface area (Å²) in [5.41, 5.74) is 3.11. The molecule has 0 bridgehead atoms. The second kappa shape index (κ2) is 7.00. The normalized spacial score (nSPS) is 13.5. The Morgan fingerprint density at radius 2 is 2.00 bits per heavy atom. The Morgan fingerprint density at radius 1 is 1.15 bits per heavy atom. The molecule has 0 aliphatic carbocycles. The number of aromatic nitrogens is 2. The van der Waals surface area contributed by atoms with Gasteiger partial charge >= 0.3 is 0 Å². The number of carbonyl (C=O) groups excluding carboxylic acids is 2.